The van der Waals surface area contributed by atoms with Gasteiger partial charge in [0, 0.05) is 6.04 Å². The molecule has 1 unspecified atom stereocenters. The van der Waals surface area contributed by atoms with Crippen LogP contribution in [0, 0.1) is 0 Å². The Balaban J connectivity index is 4.70. The lowest BCUT2D eigenvalue weighted by molar-refractivity contribution is 0.00946. The lowest BCUT2D eigenvalue weighted by Crippen LogP contribution is -2.42. The highest BCUT2D eigenvalue weighted by Gasteiger charge is 2.18. The van der Waals surface area contributed by atoms with Gasteiger partial charge in [-0.3, -0.25) is 9.80 Å². The van der Waals surface area contributed by atoms with Crippen LogP contribution in [0.4, 0.5) is 0 Å². The molecular formula is C20H49N7O. The highest BCUT2D eigenvalue weighted by molar-refractivity contribution is 4.74. The number of ether oxygens (including phenoxy) is 1. The number of rotatable bonds is 21. The molecule has 0 spiro atoms. The quantitative estimate of drug-likeness (QED) is 0.192. The average Bonchev–Trinajstić information content (AvgIpc) is 2.68. The molecule has 0 aliphatic rings. The first kappa shape index (κ1) is 27.7. The van der Waals surface area contributed by atoms with Crippen LogP contribution in [0.5, 0.6) is 0 Å². The molecule has 0 fully saturated rings. The summed E-state index contributed by atoms with van der Waals surface area (Å²) in [5, 5.41) is 0. The predicted octanol–water partition coefficient (Wildman–Crippen LogP) is -0.330. The van der Waals surface area contributed by atoms with Crippen molar-refractivity contribution in [3.8, 4) is 0 Å². The van der Waals surface area contributed by atoms with Gasteiger partial charge in [-0.05, 0) is 112 Å². The minimum atomic E-state index is 0.406. The zero-order chi connectivity index (χ0) is 21.0. The lowest BCUT2D eigenvalue weighted by Gasteiger charge is -2.33. The first-order chi connectivity index (χ1) is 13.6. The zero-order valence-corrected chi connectivity index (χ0v) is 18.7. The van der Waals surface area contributed by atoms with Crippen molar-refractivity contribution in [2.75, 3.05) is 86.3 Å². The summed E-state index contributed by atoms with van der Waals surface area (Å²) < 4.78 is 5.96. The standard InChI is InChI=1S/C20H49N7O/c1-25(2)19-28-18-20(27(16-6-11-23)17-7-12-24)8-3-13-26(14-4-9-21)15-5-10-22/h20H,3-19,21-24H2,1-2H3. The Morgan fingerprint density at radius 1 is 0.679 bits per heavy atom. The molecule has 8 nitrogen and oxygen atoms in total. The topological polar surface area (TPSA) is 123 Å². The molecule has 0 aromatic heterocycles. The van der Waals surface area contributed by atoms with Crippen molar-refractivity contribution in [1.82, 2.24) is 14.7 Å². The molecule has 0 aliphatic carbocycles. The highest BCUT2D eigenvalue weighted by atomic mass is 16.5. The molecule has 0 aliphatic heterocycles. The van der Waals surface area contributed by atoms with E-state index in [2.05, 4.69) is 14.7 Å². The van der Waals surface area contributed by atoms with Crippen molar-refractivity contribution in [2.24, 2.45) is 22.9 Å². The van der Waals surface area contributed by atoms with E-state index in [0.29, 0.717) is 12.8 Å². The van der Waals surface area contributed by atoms with E-state index in [9.17, 15) is 0 Å². The Labute approximate surface area is 173 Å². The summed E-state index contributed by atoms with van der Waals surface area (Å²) in [7, 11) is 4.06. The van der Waals surface area contributed by atoms with Gasteiger partial charge >= 0.3 is 0 Å². The van der Waals surface area contributed by atoms with E-state index in [1.807, 2.05) is 14.1 Å². The molecule has 8 N–H and O–H groups in total. The Morgan fingerprint density at radius 2 is 1.14 bits per heavy atom. The fourth-order valence-electron chi connectivity index (χ4n) is 3.32. The Bertz CT molecular complexity index is 305. The second-order valence-corrected chi connectivity index (χ2v) is 7.82. The summed E-state index contributed by atoms with van der Waals surface area (Å²) in [6.07, 6.45) is 6.36. The minimum absolute atomic E-state index is 0.406. The molecule has 0 heterocycles. The SMILES string of the molecule is CN(C)COCC(CCCN(CCCN)CCCN)N(CCCN)CCCN. The number of nitrogens with two attached hydrogens (primary N) is 4. The smallest absolute Gasteiger partial charge is 0.0986 e. The molecule has 0 aromatic carbocycles. The van der Waals surface area contributed by atoms with Crippen LogP contribution in [-0.2, 0) is 4.74 Å². The van der Waals surface area contributed by atoms with Gasteiger partial charge in [0.05, 0.1) is 13.3 Å². The van der Waals surface area contributed by atoms with Gasteiger partial charge in [0.25, 0.3) is 0 Å². The second-order valence-electron chi connectivity index (χ2n) is 7.82. The fraction of sp³-hybridized carbons (Fsp3) is 1.00. The molecule has 0 bridgehead atoms. The van der Waals surface area contributed by atoms with Gasteiger partial charge in [-0.25, -0.2) is 0 Å². The molecule has 0 radical (unpaired) electrons. The van der Waals surface area contributed by atoms with Crippen molar-refractivity contribution in [3.05, 3.63) is 0 Å². The van der Waals surface area contributed by atoms with E-state index in [-0.39, 0.29) is 0 Å². The summed E-state index contributed by atoms with van der Waals surface area (Å²) in [6, 6.07) is 0.406. The third-order valence-corrected chi connectivity index (χ3v) is 4.84. The molecule has 0 amide bonds. The van der Waals surface area contributed by atoms with Crippen LogP contribution >= 0.6 is 0 Å². The van der Waals surface area contributed by atoms with Crippen molar-refractivity contribution in [3.63, 3.8) is 0 Å². The molecule has 0 saturated carbocycles. The van der Waals surface area contributed by atoms with E-state index in [1.54, 1.807) is 0 Å². The van der Waals surface area contributed by atoms with Crippen LogP contribution in [0.3, 0.4) is 0 Å². The molecule has 0 aromatic rings. The third-order valence-electron chi connectivity index (χ3n) is 4.84. The average molecular weight is 404 g/mol. The molecule has 0 saturated heterocycles. The van der Waals surface area contributed by atoms with Crippen LogP contribution < -0.4 is 22.9 Å². The molecular weight excluding hydrogens is 354 g/mol. The maximum atomic E-state index is 5.96. The summed E-state index contributed by atoms with van der Waals surface area (Å²) in [4.78, 5) is 7.09. The summed E-state index contributed by atoms with van der Waals surface area (Å²) >= 11 is 0. The predicted molar refractivity (Wildman–Crippen MR) is 120 cm³/mol. The fourth-order valence-corrected chi connectivity index (χ4v) is 3.32. The lowest BCUT2D eigenvalue weighted by atomic mass is 10.1. The van der Waals surface area contributed by atoms with E-state index < -0.39 is 0 Å². The largest absolute Gasteiger partial charge is 0.364 e. The maximum Gasteiger partial charge on any atom is 0.0986 e. The molecule has 28 heavy (non-hydrogen) atoms. The Morgan fingerprint density at radius 3 is 1.61 bits per heavy atom. The van der Waals surface area contributed by atoms with Gasteiger partial charge in [0.15, 0.2) is 0 Å². The van der Waals surface area contributed by atoms with Crippen LogP contribution in [0.1, 0.15) is 38.5 Å². The highest BCUT2D eigenvalue weighted by Crippen LogP contribution is 2.11. The van der Waals surface area contributed by atoms with Gasteiger partial charge in [-0.1, -0.05) is 0 Å². The van der Waals surface area contributed by atoms with Crippen LogP contribution in [0.25, 0.3) is 0 Å². The molecule has 1 atom stereocenters. The third kappa shape index (κ3) is 15.6. The molecule has 8 heteroatoms. The zero-order valence-electron chi connectivity index (χ0n) is 18.7. The van der Waals surface area contributed by atoms with Crippen LogP contribution in [-0.4, -0.2) is 107 Å². The summed E-state index contributed by atoms with van der Waals surface area (Å²) in [5.74, 6) is 0. The minimum Gasteiger partial charge on any atom is -0.364 e. The second kappa shape index (κ2) is 20.0. The van der Waals surface area contributed by atoms with Crippen molar-refractivity contribution in [2.45, 2.75) is 44.6 Å². The first-order valence-corrected chi connectivity index (χ1v) is 11.1. The van der Waals surface area contributed by atoms with E-state index in [4.69, 9.17) is 27.7 Å². The number of hydrogen-bond donors (Lipinski definition) is 4. The van der Waals surface area contributed by atoms with Gasteiger partial charge in [0.2, 0.25) is 0 Å². The van der Waals surface area contributed by atoms with Gasteiger partial charge < -0.3 is 32.6 Å². The van der Waals surface area contributed by atoms with Crippen LogP contribution in [0.2, 0.25) is 0 Å². The van der Waals surface area contributed by atoms with E-state index >= 15 is 0 Å². The monoisotopic (exact) mass is 403 g/mol. The van der Waals surface area contributed by atoms with Crippen molar-refractivity contribution < 1.29 is 4.74 Å². The number of hydrogen-bond acceptors (Lipinski definition) is 8. The Kier molecular flexibility index (Phi) is 19.7. The maximum absolute atomic E-state index is 5.96. The van der Waals surface area contributed by atoms with Gasteiger partial charge in [-0.15, -0.1) is 0 Å². The van der Waals surface area contributed by atoms with Crippen LogP contribution in [0.15, 0.2) is 0 Å². The Hall–Kier alpha value is -0.320. The number of nitrogens with zero attached hydrogens (tertiary/aromatic N) is 3. The normalized spacial score (nSPS) is 13.2. The first-order valence-electron chi connectivity index (χ1n) is 11.1. The van der Waals surface area contributed by atoms with E-state index in [1.165, 1.54) is 0 Å². The molecule has 170 valence electrons. The van der Waals surface area contributed by atoms with E-state index in [0.717, 1.165) is 104 Å². The summed E-state index contributed by atoms with van der Waals surface area (Å²) in [5.41, 5.74) is 22.9. The van der Waals surface area contributed by atoms with Crippen molar-refractivity contribution >= 4 is 0 Å². The summed E-state index contributed by atoms with van der Waals surface area (Å²) in [6.45, 7) is 9.55. The van der Waals surface area contributed by atoms with Crippen molar-refractivity contribution in [1.29, 1.82) is 0 Å². The van der Waals surface area contributed by atoms with Gasteiger partial charge in [-0.2, -0.15) is 0 Å². The van der Waals surface area contributed by atoms with Gasteiger partial charge in [0.1, 0.15) is 0 Å². The molecule has 0 rings (SSSR count).